The molecule has 0 radical (unpaired) electrons. The van der Waals surface area contributed by atoms with Crippen molar-refractivity contribution in [2.24, 2.45) is 5.73 Å². The van der Waals surface area contributed by atoms with Gasteiger partial charge in [-0.25, -0.2) is 4.68 Å². The van der Waals surface area contributed by atoms with E-state index in [4.69, 9.17) is 10.5 Å². The molecule has 0 aliphatic carbocycles. The topological polar surface area (TPSA) is 138 Å². The number of rotatable bonds is 6. The fraction of sp³-hybridized carbons (Fsp3) is 0.190. The first-order valence-corrected chi connectivity index (χ1v) is 9.60. The van der Waals surface area contributed by atoms with E-state index in [0.717, 1.165) is 11.3 Å². The van der Waals surface area contributed by atoms with Gasteiger partial charge >= 0.3 is 0 Å². The van der Waals surface area contributed by atoms with E-state index in [0.29, 0.717) is 29.6 Å². The minimum Gasteiger partial charge on any atom is -0.494 e. The summed E-state index contributed by atoms with van der Waals surface area (Å²) >= 11 is 0. The van der Waals surface area contributed by atoms with Crippen molar-refractivity contribution in [3.05, 3.63) is 75.5 Å². The van der Waals surface area contributed by atoms with Crippen LogP contribution in [0.3, 0.4) is 0 Å². The van der Waals surface area contributed by atoms with E-state index in [1.165, 1.54) is 16.8 Å². The minimum atomic E-state index is -0.752. The van der Waals surface area contributed by atoms with Gasteiger partial charge in [-0.05, 0) is 43.7 Å². The van der Waals surface area contributed by atoms with Crippen LogP contribution in [0.5, 0.6) is 5.75 Å². The van der Waals surface area contributed by atoms with Gasteiger partial charge in [0, 0.05) is 23.4 Å². The number of allylic oxidation sites excluding steroid dienone is 1. The summed E-state index contributed by atoms with van der Waals surface area (Å²) in [5.74, 6) is 0.920. The third kappa shape index (κ3) is 3.70. The molecule has 2 heterocycles. The molecule has 1 aromatic heterocycles. The first-order valence-electron chi connectivity index (χ1n) is 9.60. The van der Waals surface area contributed by atoms with Crippen LogP contribution in [0.2, 0.25) is 0 Å². The lowest BCUT2D eigenvalue weighted by molar-refractivity contribution is -0.384. The summed E-state index contributed by atoms with van der Waals surface area (Å²) in [6.45, 7) is 4.18. The Balaban J connectivity index is 1.82. The van der Waals surface area contributed by atoms with E-state index >= 15 is 0 Å². The molecule has 2 aromatic carbocycles. The summed E-state index contributed by atoms with van der Waals surface area (Å²) < 4.78 is 6.99. The number of anilines is 1. The third-order valence-corrected chi connectivity index (χ3v) is 4.94. The molecular formula is C21H20N6O4. The predicted octanol–water partition coefficient (Wildman–Crippen LogP) is 3.03. The van der Waals surface area contributed by atoms with E-state index in [1.807, 2.05) is 31.2 Å². The quantitative estimate of drug-likeness (QED) is 0.462. The maximum atomic E-state index is 12.3. The molecule has 10 heteroatoms. The van der Waals surface area contributed by atoms with E-state index in [9.17, 15) is 14.9 Å². The van der Waals surface area contributed by atoms with Crippen LogP contribution in [-0.2, 0) is 4.79 Å². The second kappa shape index (κ2) is 7.90. The number of nitro benzene ring substituents is 1. The van der Waals surface area contributed by atoms with Gasteiger partial charge in [0.2, 0.25) is 11.9 Å². The Kier molecular flexibility index (Phi) is 5.12. The number of nitrogens with two attached hydrogens (primary N) is 1. The highest BCUT2D eigenvalue weighted by atomic mass is 16.6. The van der Waals surface area contributed by atoms with Crippen molar-refractivity contribution < 1.29 is 14.5 Å². The Morgan fingerprint density at radius 2 is 2.03 bits per heavy atom. The number of hydrogen-bond acceptors (Lipinski definition) is 7. The van der Waals surface area contributed by atoms with Crippen molar-refractivity contribution in [3.63, 3.8) is 0 Å². The number of ether oxygens (including phenoxy) is 1. The van der Waals surface area contributed by atoms with Crippen molar-refractivity contribution >= 4 is 17.5 Å². The third-order valence-electron chi connectivity index (χ3n) is 4.94. The number of primary amides is 1. The van der Waals surface area contributed by atoms with Crippen LogP contribution in [0, 0.1) is 10.1 Å². The Morgan fingerprint density at radius 1 is 1.29 bits per heavy atom. The van der Waals surface area contributed by atoms with Crippen molar-refractivity contribution in [2.75, 3.05) is 11.9 Å². The van der Waals surface area contributed by atoms with Crippen LogP contribution in [0.4, 0.5) is 11.6 Å². The molecule has 10 nitrogen and oxygen atoms in total. The van der Waals surface area contributed by atoms with Gasteiger partial charge in [-0.3, -0.25) is 14.9 Å². The Labute approximate surface area is 177 Å². The first-order chi connectivity index (χ1) is 14.9. The molecule has 1 unspecified atom stereocenters. The van der Waals surface area contributed by atoms with E-state index < -0.39 is 16.9 Å². The van der Waals surface area contributed by atoms with E-state index in [-0.39, 0.29) is 11.3 Å². The number of aromatic nitrogens is 3. The molecular weight excluding hydrogens is 400 g/mol. The number of nitrogens with one attached hydrogen (secondary N) is 1. The number of nitro groups is 1. The van der Waals surface area contributed by atoms with E-state index in [1.54, 1.807) is 19.1 Å². The number of carbonyl (C=O) groups is 1. The van der Waals surface area contributed by atoms with Gasteiger partial charge in [0.15, 0.2) is 5.82 Å². The van der Waals surface area contributed by atoms with Gasteiger partial charge in [-0.2, -0.15) is 4.98 Å². The van der Waals surface area contributed by atoms with Crippen LogP contribution in [0.1, 0.15) is 25.5 Å². The summed E-state index contributed by atoms with van der Waals surface area (Å²) in [7, 11) is 0. The second-order valence-corrected chi connectivity index (χ2v) is 6.94. The molecule has 0 fully saturated rings. The van der Waals surface area contributed by atoms with Crippen LogP contribution < -0.4 is 15.8 Å². The molecule has 0 spiro atoms. The number of fused-ring (bicyclic) bond motifs is 1. The van der Waals surface area contributed by atoms with Crippen molar-refractivity contribution in [1.29, 1.82) is 0 Å². The number of benzene rings is 2. The standard InChI is InChI=1S/C21H20N6O4/c1-3-31-16-9-7-13(8-10-16)20-24-21-23-12(2)17(19(22)28)18(26(21)25-20)14-5-4-6-15(11-14)27(29)30/h4-11,18H,3H2,1-2H3,(H2,22,28)(H,23,24,25). The highest BCUT2D eigenvalue weighted by Gasteiger charge is 2.34. The molecule has 0 saturated heterocycles. The fourth-order valence-electron chi connectivity index (χ4n) is 3.58. The van der Waals surface area contributed by atoms with Crippen molar-refractivity contribution in [3.8, 4) is 17.1 Å². The Hall–Kier alpha value is -4.21. The number of carbonyl (C=O) groups excluding carboxylic acids is 1. The van der Waals surface area contributed by atoms with Crippen molar-refractivity contribution in [1.82, 2.24) is 14.8 Å². The van der Waals surface area contributed by atoms with Gasteiger partial charge in [-0.15, -0.1) is 5.10 Å². The maximum absolute atomic E-state index is 12.3. The number of amides is 1. The monoisotopic (exact) mass is 420 g/mol. The van der Waals surface area contributed by atoms with Gasteiger partial charge < -0.3 is 15.8 Å². The molecule has 1 aliphatic rings. The van der Waals surface area contributed by atoms with Gasteiger partial charge in [0.1, 0.15) is 11.8 Å². The molecule has 1 amide bonds. The van der Waals surface area contributed by atoms with Gasteiger partial charge in [0.25, 0.3) is 5.69 Å². The second-order valence-electron chi connectivity index (χ2n) is 6.94. The van der Waals surface area contributed by atoms with Gasteiger partial charge in [0.05, 0.1) is 17.1 Å². The average molecular weight is 420 g/mol. The summed E-state index contributed by atoms with van der Waals surface area (Å²) in [6.07, 6.45) is 0. The van der Waals surface area contributed by atoms with Crippen molar-refractivity contribution in [2.45, 2.75) is 19.9 Å². The van der Waals surface area contributed by atoms with Crippen LogP contribution >= 0.6 is 0 Å². The molecule has 1 aliphatic heterocycles. The average Bonchev–Trinajstić information content (AvgIpc) is 3.17. The summed E-state index contributed by atoms with van der Waals surface area (Å²) in [5.41, 5.74) is 7.60. The smallest absolute Gasteiger partial charge is 0.269 e. The molecule has 4 rings (SSSR count). The number of hydrogen-bond donors (Lipinski definition) is 2. The lowest BCUT2D eigenvalue weighted by Gasteiger charge is -2.27. The fourth-order valence-corrected chi connectivity index (χ4v) is 3.58. The minimum absolute atomic E-state index is 0.0918. The summed E-state index contributed by atoms with van der Waals surface area (Å²) in [4.78, 5) is 27.6. The highest BCUT2D eigenvalue weighted by Crippen LogP contribution is 2.37. The van der Waals surface area contributed by atoms with Gasteiger partial charge in [-0.1, -0.05) is 12.1 Å². The zero-order valence-corrected chi connectivity index (χ0v) is 16.9. The van der Waals surface area contributed by atoms with Crippen LogP contribution in [-0.4, -0.2) is 32.2 Å². The molecule has 158 valence electrons. The Bertz CT molecular complexity index is 1200. The molecule has 31 heavy (non-hydrogen) atoms. The highest BCUT2D eigenvalue weighted by molar-refractivity contribution is 5.95. The lowest BCUT2D eigenvalue weighted by atomic mass is 9.95. The van der Waals surface area contributed by atoms with E-state index in [2.05, 4.69) is 15.4 Å². The maximum Gasteiger partial charge on any atom is 0.269 e. The zero-order chi connectivity index (χ0) is 22.1. The number of non-ortho nitro benzene ring substituents is 1. The molecule has 3 N–H and O–H groups in total. The summed E-state index contributed by atoms with van der Waals surface area (Å²) in [5, 5.41) is 18.9. The Morgan fingerprint density at radius 3 is 2.68 bits per heavy atom. The number of nitrogens with zero attached hydrogens (tertiary/aromatic N) is 4. The summed E-state index contributed by atoms with van der Waals surface area (Å²) in [6, 6.07) is 12.6. The van der Waals surface area contributed by atoms with Crippen LogP contribution in [0.25, 0.3) is 11.4 Å². The largest absolute Gasteiger partial charge is 0.494 e. The first kappa shape index (κ1) is 20.1. The lowest BCUT2D eigenvalue weighted by Crippen LogP contribution is -2.31. The molecule has 0 bridgehead atoms. The zero-order valence-electron chi connectivity index (χ0n) is 16.9. The normalized spacial score (nSPS) is 15.2. The molecule has 1 atom stereocenters. The van der Waals surface area contributed by atoms with Crippen LogP contribution in [0.15, 0.2) is 59.8 Å². The SMILES string of the molecule is CCOc1ccc(-c2nc3n(n2)C(c2cccc([N+](=O)[O-])c2)C(C(N)=O)=C(C)N3)cc1. The molecule has 3 aromatic rings. The molecule has 0 saturated carbocycles. The predicted molar refractivity (Wildman–Crippen MR) is 113 cm³/mol.